The monoisotopic (exact) mass is 239 g/mol. The molecule has 1 aliphatic heterocycles. The van der Waals surface area contributed by atoms with Crippen molar-refractivity contribution >= 4 is 0 Å². The van der Waals surface area contributed by atoms with Crippen molar-refractivity contribution in [3.63, 3.8) is 0 Å². The van der Waals surface area contributed by atoms with Crippen LogP contribution in [0.1, 0.15) is 44.8 Å². The lowest BCUT2D eigenvalue weighted by molar-refractivity contribution is -0.107. The van der Waals surface area contributed by atoms with Gasteiger partial charge in [-0.3, -0.25) is 4.90 Å². The van der Waals surface area contributed by atoms with Gasteiger partial charge in [0, 0.05) is 19.5 Å². The molecule has 5 nitrogen and oxygen atoms in total. The van der Waals surface area contributed by atoms with E-state index in [0.717, 1.165) is 44.6 Å². The molecule has 1 aromatic rings. The topological polar surface area (TPSA) is 62.4 Å². The SMILES string of the molecule is CCCc1nc(CN2CC(O)(CCC)C2)no1. The minimum atomic E-state index is -0.481. The van der Waals surface area contributed by atoms with E-state index in [4.69, 9.17) is 4.52 Å². The van der Waals surface area contributed by atoms with E-state index >= 15 is 0 Å². The summed E-state index contributed by atoms with van der Waals surface area (Å²) in [4.78, 5) is 6.46. The highest BCUT2D eigenvalue weighted by Crippen LogP contribution is 2.26. The first kappa shape index (κ1) is 12.5. The molecule has 17 heavy (non-hydrogen) atoms. The maximum Gasteiger partial charge on any atom is 0.226 e. The summed E-state index contributed by atoms with van der Waals surface area (Å²) in [5, 5.41) is 14.0. The summed E-state index contributed by atoms with van der Waals surface area (Å²) >= 11 is 0. The van der Waals surface area contributed by atoms with Gasteiger partial charge in [-0.2, -0.15) is 4.98 Å². The largest absolute Gasteiger partial charge is 0.387 e. The molecule has 0 aliphatic carbocycles. The van der Waals surface area contributed by atoms with Crippen molar-refractivity contribution < 1.29 is 9.63 Å². The predicted octanol–water partition coefficient (Wildman–Crippen LogP) is 1.37. The standard InChI is InChI=1S/C12H21N3O2/c1-3-5-11-13-10(14-17-11)7-15-8-12(16,9-15)6-4-2/h16H,3-9H2,1-2H3. The highest BCUT2D eigenvalue weighted by Gasteiger charge is 2.40. The number of β-amino-alcohol motifs (C(OH)–C–C–N with tert-alkyl or cyclic N) is 1. The van der Waals surface area contributed by atoms with E-state index < -0.39 is 5.60 Å². The zero-order chi connectivity index (χ0) is 12.3. The van der Waals surface area contributed by atoms with Crippen LogP contribution in [0.5, 0.6) is 0 Å². The maximum atomic E-state index is 10.0. The van der Waals surface area contributed by atoms with Gasteiger partial charge in [0.15, 0.2) is 5.82 Å². The first-order valence-corrected chi connectivity index (χ1v) is 6.41. The Morgan fingerprint density at radius 2 is 2.12 bits per heavy atom. The molecule has 5 heteroatoms. The van der Waals surface area contributed by atoms with Crippen molar-refractivity contribution in [2.45, 2.75) is 51.7 Å². The van der Waals surface area contributed by atoms with E-state index in [-0.39, 0.29) is 0 Å². The quantitative estimate of drug-likeness (QED) is 0.812. The molecular weight excluding hydrogens is 218 g/mol. The zero-order valence-electron chi connectivity index (χ0n) is 10.6. The van der Waals surface area contributed by atoms with E-state index in [1.54, 1.807) is 0 Å². The average Bonchev–Trinajstić information content (AvgIpc) is 2.64. The van der Waals surface area contributed by atoms with Gasteiger partial charge in [0.25, 0.3) is 0 Å². The van der Waals surface area contributed by atoms with Crippen LogP contribution in [-0.4, -0.2) is 38.8 Å². The average molecular weight is 239 g/mol. The van der Waals surface area contributed by atoms with E-state index in [0.29, 0.717) is 12.4 Å². The number of aryl methyl sites for hydroxylation is 1. The van der Waals surface area contributed by atoms with Gasteiger partial charge in [-0.1, -0.05) is 25.4 Å². The Hall–Kier alpha value is -0.940. The summed E-state index contributed by atoms with van der Waals surface area (Å²) < 4.78 is 5.12. The molecule has 0 amide bonds. The summed E-state index contributed by atoms with van der Waals surface area (Å²) in [6.45, 7) is 6.30. The second kappa shape index (κ2) is 5.14. The Labute approximate surface area is 102 Å². The third-order valence-electron chi connectivity index (χ3n) is 3.09. The Bertz CT molecular complexity index is 358. The van der Waals surface area contributed by atoms with Crippen molar-refractivity contribution in [3.05, 3.63) is 11.7 Å². The summed E-state index contributed by atoms with van der Waals surface area (Å²) in [5.41, 5.74) is -0.481. The zero-order valence-corrected chi connectivity index (χ0v) is 10.6. The van der Waals surface area contributed by atoms with Gasteiger partial charge in [-0.15, -0.1) is 0 Å². The lowest BCUT2D eigenvalue weighted by atomic mass is 9.89. The van der Waals surface area contributed by atoms with Crippen LogP contribution in [-0.2, 0) is 13.0 Å². The first-order chi connectivity index (χ1) is 8.15. The van der Waals surface area contributed by atoms with Gasteiger partial charge >= 0.3 is 0 Å². The normalized spacial score (nSPS) is 19.2. The van der Waals surface area contributed by atoms with Gasteiger partial charge in [-0.05, 0) is 12.8 Å². The van der Waals surface area contributed by atoms with Crippen LogP contribution >= 0.6 is 0 Å². The summed E-state index contributed by atoms with van der Waals surface area (Å²) in [7, 11) is 0. The molecule has 0 atom stereocenters. The van der Waals surface area contributed by atoms with Gasteiger partial charge in [0.1, 0.15) is 0 Å². The smallest absolute Gasteiger partial charge is 0.226 e. The number of rotatable bonds is 6. The molecule has 0 spiro atoms. The number of likely N-dealkylation sites (tertiary alicyclic amines) is 1. The lowest BCUT2D eigenvalue weighted by Gasteiger charge is -2.46. The van der Waals surface area contributed by atoms with E-state index in [1.807, 2.05) is 0 Å². The summed E-state index contributed by atoms with van der Waals surface area (Å²) in [5.74, 6) is 1.44. The lowest BCUT2D eigenvalue weighted by Crippen LogP contribution is -2.61. The van der Waals surface area contributed by atoms with Crippen molar-refractivity contribution in [3.8, 4) is 0 Å². The van der Waals surface area contributed by atoms with Crippen LogP contribution in [0.25, 0.3) is 0 Å². The fraction of sp³-hybridized carbons (Fsp3) is 0.833. The minimum Gasteiger partial charge on any atom is -0.387 e. The summed E-state index contributed by atoms with van der Waals surface area (Å²) in [6.07, 6.45) is 3.75. The van der Waals surface area contributed by atoms with Gasteiger partial charge in [0.05, 0.1) is 12.1 Å². The third kappa shape index (κ3) is 3.04. The Kier molecular flexibility index (Phi) is 3.79. The Morgan fingerprint density at radius 1 is 1.35 bits per heavy atom. The van der Waals surface area contributed by atoms with E-state index in [9.17, 15) is 5.11 Å². The third-order valence-corrected chi connectivity index (χ3v) is 3.09. The number of hydrogen-bond donors (Lipinski definition) is 1. The molecule has 2 rings (SSSR count). The highest BCUT2D eigenvalue weighted by atomic mass is 16.5. The van der Waals surface area contributed by atoms with Crippen molar-refractivity contribution in [2.75, 3.05) is 13.1 Å². The van der Waals surface area contributed by atoms with Crippen LogP contribution in [0.2, 0.25) is 0 Å². The maximum absolute atomic E-state index is 10.0. The molecule has 0 bridgehead atoms. The Morgan fingerprint density at radius 3 is 2.76 bits per heavy atom. The fourth-order valence-corrected chi connectivity index (χ4v) is 2.39. The number of aliphatic hydroxyl groups is 1. The number of hydrogen-bond acceptors (Lipinski definition) is 5. The first-order valence-electron chi connectivity index (χ1n) is 6.41. The molecule has 96 valence electrons. The van der Waals surface area contributed by atoms with Crippen LogP contribution in [0.15, 0.2) is 4.52 Å². The molecule has 1 fully saturated rings. The number of aromatic nitrogens is 2. The van der Waals surface area contributed by atoms with E-state index in [1.165, 1.54) is 0 Å². The second-order valence-electron chi connectivity index (χ2n) is 4.97. The van der Waals surface area contributed by atoms with Crippen molar-refractivity contribution in [1.82, 2.24) is 15.0 Å². The molecule has 2 heterocycles. The van der Waals surface area contributed by atoms with Crippen LogP contribution in [0.4, 0.5) is 0 Å². The van der Waals surface area contributed by atoms with Crippen LogP contribution in [0, 0.1) is 0 Å². The van der Waals surface area contributed by atoms with E-state index in [2.05, 4.69) is 28.9 Å². The van der Waals surface area contributed by atoms with Crippen molar-refractivity contribution in [2.24, 2.45) is 0 Å². The fourth-order valence-electron chi connectivity index (χ4n) is 2.39. The van der Waals surface area contributed by atoms with Crippen molar-refractivity contribution in [1.29, 1.82) is 0 Å². The molecular formula is C12H21N3O2. The Balaban J connectivity index is 1.79. The molecule has 1 aliphatic rings. The molecule has 0 radical (unpaired) electrons. The minimum absolute atomic E-state index is 0.481. The predicted molar refractivity (Wildman–Crippen MR) is 63.4 cm³/mol. The highest BCUT2D eigenvalue weighted by molar-refractivity contribution is 4.97. The number of nitrogens with zero attached hydrogens (tertiary/aromatic N) is 3. The molecule has 0 unspecified atom stereocenters. The molecule has 1 aromatic heterocycles. The van der Waals surface area contributed by atoms with Gasteiger partial charge in [0.2, 0.25) is 5.89 Å². The molecule has 1 saturated heterocycles. The van der Waals surface area contributed by atoms with Gasteiger partial charge in [-0.25, -0.2) is 0 Å². The molecule has 0 aromatic carbocycles. The second-order valence-corrected chi connectivity index (χ2v) is 4.97. The molecule has 1 N–H and O–H groups in total. The van der Waals surface area contributed by atoms with Crippen LogP contribution < -0.4 is 0 Å². The molecule has 0 saturated carbocycles. The summed E-state index contributed by atoms with van der Waals surface area (Å²) in [6, 6.07) is 0. The van der Waals surface area contributed by atoms with Gasteiger partial charge < -0.3 is 9.63 Å². The van der Waals surface area contributed by atoms with Crippen LogP contribution in [0.3, 0.4) is 0 Å².